The third-order valence-electron chi connectivity index (χ3n) is 10.9. The molecular weight excluding hydrogens is 691 g/mol. The molecule has 0 aliphatic carbocycles. The van der Waals surface area contributed by atoms with Crippen molar-refractivity contribution in [3.05, 3.63) is 212 Å². The summed E-state index contributed by atoms with van der Waals surface area (Å²) < 4.78 is 121. The van der Waals surface area contributed by atoms with Crippen LogP contribution in [-0.4, -0.2) is 13.7 Å². The molecule has 0 saturated carbocycles. The van der Waals surface area contributed by atoms with E-state index in [1.54, 1.807) is 4.57 Å². The van der Waals surface area contributed by atoms with Gasteiger partial charge >= 0.3 is 0 Å². The Hall–Kier alpha value is -7.62. The van der Waals surface area contributed by atoms with Crippen molar-refractivity contribution < 1.29 is 17.8 Å². The Balaban J connectivity index is 1.05. The van der Waals surface area contributed by atoms with E-state index in [0.717, 1.165) is 65.8 Å². The van der Waals surface area contributed by atoms with Crippen molar-refractivity contribution in [2.45, 2.75) is 0 Å². The van der Waals surface area contributed by atoms with Crippen LogP contribution in [0.3, 0.4) is 0 Å². The summed E-state index contributed by atoms with van der Waals surface area (Å²) in [6.45, 7) is 0. The molecule has 0 bridgehead atoms. The fraction of sp³-hybridized carbons (Fsp3) is 0. The number of benzene rings is 9. The van der Waals surface area contributed by atoms with Crippen LogP contribution in [0.4, 0.5) is 0 Å². The summed E-state index contributed by atoms with van der Waals surface area (Å²) in [5.41, 5.74) is 5.05. The Morgan fingerprint density at radius 1 is 0.263 bits per heavy atom. The number of fused-ring (bicyclic) bond motifs is 9. The lowest BCUT2D eigenvalue weighted by Crippen LogP contribution is -1.97. The van der Waals surface area contributed by atoms with Gasteiger partial charge in [0.2, 0.25) is 0 Å². The lowest BCUT2D eigenvalue weighted by Gasteiger charge is -2.12. The maximum atomic E-state index is 9.47. The van der Waals surface area contributed by atoms with Crippen LogP contribution in [0, 0.1) is 0 Å². The van der Waals surface area contributed by atoms with Gasteiger partial charge in [0.15, 0.2) is 0 Å². The molecule has 0 atom stereocenters. The quantitative estimate of drug-likeness (QED) is 0.167. The summed E-state index contributed by atoms with van der Waals surface area (Å²) in [5, 5.41) is 6.02. The van der Waals surface area contributed by atoms with Crippen molar-refractivity contribution in [2.75, 3.05) is 0 Å². The van der Waals surface area contributed by atoms with Crippen molar-refractivity contribution in [1.82, 2.24) is 13.7 Å². The second-order valence-electron chi connectivity index (χ2n) is 14.0. The minimum atomic E-state index is -0.764. The Bertz CT molecular complexity index is 4160. The van der Waals surface area contributed by atoms with Gasteiger partial charge in [-0.2, -0.15) is 0 Å². The summed E-state index contributed by atoms with van der Waals surface area (Å²) in [6.07, 6.45) is 0. The average Bonchev–Trinajstić information content (AvgIpc) is 4.01. The standard InChI is InChI=1S/C54H35N3/c1-2-12-36(13-3-1)37-22-24-38(25-23-37)39-26-28-40(29-27-39)55-52-21-11-7-17-46(52)48-34-41(31-33-53(48)55)57-51-20-10-6-16-45(51)47-32-30-42(35-54(47)57)56-49-18-8-4-14-43(49)44-15-5-9-19-50(44)56/h1-35H/i1D,2D,3D,12D,13D,22D,23D,24D,25D,26D,27D,28D,29D. The Kier molecular flexibility index (Phi) is 4.69. The smallest absolute Gasteiger partial charge is 0.0645 e. The predicted molar refractivity (Wildman–Crippen MR) is 240 cm³/mol. The van der Waals surface area contributed by atoms with E-state index in [1.165, 1.54) is 0 Å². The summed E-state index contributed by atoms with van der Waals surface area (Å²) >= 11 is 0. The van der Waals surface area contributed by atoms with E-state index in [2.05, 4.69) is 94.1 Å². The largest absolute Gasteiger partial charge is 0.309 e. The van der Waals surface area contributed by atoms with Gasteiger partial charge in [0, 0.05) is 49.4 Å². The molecule has 57 heavy (non-hydrogen) atoms. The molecule has 3 heterocycles. The molecule has 3 heteroatoms. The minimum absolute atomic E-state index is 0.0867. The van der Waals surface area contributed by atoms with Gasteiger partial charge in [-0.15, -0.1) is 0 Å². The zero-order valence-electron chi connectivity index (χ0n) is 43.0. The van der Waals surface area contributed by atoms with Gasteiger partial charge in [0.25, 0.3) is 0 Å². The molecule has 0 aliphatic heterocycles. The van der Waals surface area contributed by atoms with Gasteiger partial charge in [-0.3, -0.25) is 0 Å². The van der Waals surface area contributed by atoms with Crippen molar-refractivity contribution >= 4 is 65.4 Å². The van der Waals surface area contributed by atoms with E-state index in [4.69, 9.17) is 12.3 Å². The van der Waals surface area contributed by atoms with Crippen LogP contribution < -0.4 is 0 Å². The molecule has 0 aliphatic rings. The van der Waals surface area contributed by atoms with Gasteiger partial charge in [-0.25, -0.2) is 0 Å². The Morgan fingerprint density at radius 2 is 0.632 bits per heavy atom. The molecule has 12 aromatic rings. The zero-order valence-corrected chi connectivity index (χ0v) is 30.0. The van der Waals surface area contributed by atoms with E-state index in [-0.39, 0.29) is 5.69 Å². The molecule has 266 valence electrons. The molecule has 9 aromatic carbocycles. The molecule has 0 spiro atoms. The summed E-state index contributed by atoms with van der Waals surface area (Å²) in [7, 11) is 0. The molecule has 0 amide bonds. The second kappa shape index (κ2) is 12.5. The predicted octanol–water partition coefficient (Wildman–Crippen LogP) is 14.3. The minimum Gasteiger partial charge on any atom is -0.309 e. The van der Waals surface area contributed by atoms with Gasteiger partial charge in [-0.05, 0) is 88.9 Å². The molecule has 0 unspecified atom stereocenters. The van der Waals surface area contributed by atoms with E-state index >= 15 is 0 Å². The summed E-state index contributed by atoms with van der Waals surface area (Å²) in [5.74, 6) is 0. The second-order valence-corrected chi connectivity index (χ2v) is 14.0. The molecular formula is C54H35N3. The molecule has 0 fully saturated rings. The van der Waals surface area contributed by atoms with Crippen LogP contribution in [0.25, 0.3) is 105 Å². The fourth-order valence-corrected chi connectivity index (χ4v) is 8.40. The topological polar surface area (TPSA) is 14.8 Å². The first-order valence-corrected chi connectivity index (χ1v) is 18.5. The Labute approximate surface area is 347 Å². The number of hydrogen-bond acceptors (Lipinski definition) is 0. The fourth-order valence-electron chi connectivity index (χ4n) is 8.40. The lowest BCUT2D eigenvalue weighted by atomic mass is 10.0. The highest BCUT2D eigenvalue weighted by atomic mass is 15.0. The molecule has 3 nitrogen and oxygen atoms in total. The average molecular weight is 739 g/mol. The first kappa shape index (κ1) is 21.5. The number of aromatic nitrogens is 3. The van der Waals surface area contributed by atoms with Gasteiger partial charge in [0.1, 0.15) is 0 Å². The molecule has 12 rings (SSSR count). The summed E-state index contributed by atoms with van der Waals surface area (Å²) in [4.78, 5) is 0. The number of nitrogens with zero attached hydrogens (tertiary/aromatic N) is 3. The zero-order chi connectivity index (χ0) is 48.8. The number of hydrogen-bond donors (Lipinski definition) is 0. The SMILES string of the molecule is [2H]c1c([2H])c([2H])c(-c2c([2H])c([2H])c(-c3c([2H])c([2H])c(-n4c5ccccc5c5cc(-n6c7ccccc7c7ccc(-n8c9ccccc9c9ccccc98)cc76)ccc54)c([2H])c3[2H])c([2H])c2[2H])c([2H])c1[2H]. The highest BCUT2D eigenvalue weighted by Gasteiger charge is 2.18. The number of para-hydroxylation sites is 4. The third kappa shape index (κ3) is 4.86. The highest BCUT2D eigenvalue weighted by Crippen LogP contribution is 2.39. The molecule has 3 aromatic heterocycles. The van der Waals surface area contributed by atoms with Crippen molar-refractivity contribution in [1.29, 1.82) is 0 Å². The van der Waals surface area contributed by atoms with Gasteiger partial charge < -0.3 is 13.7 Å². The first-order valence-electron chi connectivity index (χ1n) is 25.0. The van der Waals surface area contributed by atoms with Gasteiger partial charge in [0.05, 0.1) is 50.9 Å². The van der Waals surface area contributed by atoms with Crippen LogP contribution >= 0.6 is 0 Å². The maximum Gasteiger partial charge on any atom is 0.0645 e. The first-order chi connectivity index (χ1) is 33.7. The highest BCUT2D eigenvalue weighted by molar-refractivity contribution is 6.13. The van der Waals surface area contributed by atoms with Crippen LogP contribution in [0.2, 0.25) is 0 Å². The van der Waals surface area contributed by atoms with Crippen molar-refractivity contribution in [2.24, 2.45) is 0 Å². The monoisotopic (exact) mass is 738 g/mol. The number of rotatable bonds is 5. The van der Waals surface area contributed by atoms with Crippen molar-refractivity contribution in [3.8, 4) is 39.3 Å². The van der Waals surface area contributed by atoms with E-state index < -0.39 is 101 Å². The van der Waals surface area contributed by atoms with Crippen molar-refractivity contribution in [3.63, 3.8) is 0 Å². The molecule has 0 saturated heterocycles. The van der Waals surface area contributed by atoms with Crippen LogP contribution in [-0.2, 0) is 0 Å². The molecule has 0 N–H and O–H groups in total. The lowest BCUT2D eigenvalue weighted by molar-refractivity contribution is 1.15. The van der Waals surface area contributed by atoms with Crippen LogP contribution in [0.1, 0.15) is 17.8 Å². The Morgan fingerprint density at radius 3 is 1.18 bits per heavy atom. The maximum absolute atomic E-state index is 9.47. The summed E-state index contributed by atoms with van der Waals surface area (Å²) in [6, 6.07) is 36.2. The molecule has 0 radical (unpaired) electrons. The van der Waals surface area contributed by atoms with E-state index in [0.29, 0.717) is 11.0 Å². The van der Waals surface area contributed by atoms with E-state index in [9.17, 15) is 5.48 Å². The third-order valence-corrected chi connectivity index (χ3v) is 10.9. The van der Waals surface area contributed by atoms with Crippen LogP contribution in [0.15, 0.2) is 212 Å². The normalized spacial score (nSPS) is 15.1. The van der Waals surface area contributed by atoms with Gasteiger partial charge in [-0.1, -0.05) is 145 Å². The van der Waals surface area contributed by atoms with E-state index in [1.807, 2.05) is 48.5 Å². The van der Waals surface area contributed by atoms with Crippen LogP contribution in [0.5, 0.6) is 0 Å².